The zero-order valence-corrected chi connectivity index (χ0v) is 14.3. The van der Waals surface area contributed by atoms with Crippen molar-refractivity contribution in [3.63, 3.8) is 0 Å². The Bertz CT molecular complexity index is 580. The summed E-state index contributed by atoms with van der Waals surface area (Å²) in [7, 11) is 0. The van der Waals surface area contributed by atoms with Crippen LogP contribution in [0.5, 0.6) is 0 Å². The van der Waals surface area contributed by atoms with Gasteiger partial charge in [0, 0.05) is 12.1 Å². The minimum atomic E-state index is -0.402. The highest BCUT2D eigenvalue weighted by atomic mass is 16.5. The van der Waals surface area contributed by atoms with E-state index in [4.69, 9.17) is 10.00 Å². The number of carbonyl (C=O) groups excluding carboxylic acids is 2. The Hall–Kier alpha value is -2.35. The number of nitrogens with zero attached hydrogens (tertiary/aromatic N) is 2. The molecule has 0 saturated heterocycles. The topological polar surface area (TPSA) is 70.4 Å². The lowest BCUT2D eigenvalue weighted by Crippen LogP contribution is -2.31. The van der Waals surface area contributed by atoms with Gasteiger partial charge in [-0.1, -0.05) is 32.9 Å². The third-order valence-electron chi connectivity index (χ3n) is 3.42. The van der Waals surface area contributed by atoms with Crippen LogP contribution in [0.1, 0.15) is 46.1 Å². The summed E-state index contributed by atoms with van der Waals surface area (Å²) in [5.41, 5.74) is 1.83. The van der Waals surface area contributed by atoms with Gasteiger partial charge < -0.3 is 4.74 Å². The molecule has 1 aromatic rings. The summed E-state index contributed by atoms with van der Waals surface area (Å²) < 4.78 is 4.82. The number of esters is 1. The lowest BCUT2D eigenvalue weighted by atomic mass is 9.87. The zero-order valence-electron chi connectivity index (χ0n) is 14.3. The number of hydrogen-bond donors (Lipinski definition) is 0. The quantitative estimate of drug-likeness (QED) is 0.597. The van der Waals surface area contributed by atoms with Crippen LogP contribution in [0.4, 0.5) is 5.69 Å². The molecule has 0 saturated carbocycles. The monoisotopic (exact) mass is 316 g/mol. The minimum absolute atomic E-state index is 0.0203. The average Bonchev–Trinajstić information content (AvgIpc) is 2.50. The van der Waals surface area contributed by atoms with Crippen LogP contribution < -0.4 is 4.90 Å². The van der Waals surface area contributed by atoms with Crippen molar-refractivity contribution in [2.45, 2.75) is 46.0 Å². The maximum absolute atomic E-state index is 12.3. The van der Waals surface area contributed by atoms with Gasteiger partial charge in [0.05, 0.1) is 19.1 Å². The van der Waals surface area contributed by atoms with Gasteiger partial charge >= 0.3 is 5.97 Å². The third-order valence-corrected chi connectivity index (χ3v) is 3.42. The first-order valence-corrected chi connectivity index (χ1v) is 7.73. The van der Waals surface area contributed by atoms with Crippen molar-refractivity contribution in [1.82, 2.24) is 0 Å². The summed E-state index contributed by atoms with van der Waals surface area (Å²) in [5, 5.41) is 8.96. The number of hydrogen-bond acceptors (Lipinski definition) is 4. The molecule has 0 fully saturated rings. The van der Waals surface area contributed by atoms with E-state index in [0.717, 1.165) is 5.56 Å². The van der Waals surface area contributed by atoms with E-state index in [1.54, 1.807) is 6.92 Å². The first kappa shape index (κ1) is 18.7. The third kappa shape index (κ3) is 5.74. The van der Waals surface area contributed by atoms with Crippen molar-refractivity contribution in [3.05, 3.63) is 29.8 Å². The van der Waals surface area contributed by atoms with E-state index in [0.29, 0.717) is 12.3 Å². The van der Waals surface area contributed by atoms with Crippen LogP contribution in [0.25, 0.3) is 0 Å². The SMILES string of the molecule is CCOC(=O)CCC(=O)N(CC#N)c1ccc(C(C)(C)C)cc1. The van der Waals surface area contributed by atoms with Crippen LogP contribution in [0, 0.1) is 11.3 Å². The molecule has 5 nitrogen and oxygen atoms in total. The molecule has 5 heteroatoms. The van der Waals surface area contributed by atoms with Crippen molar-refractivity contribution in [2.24, 2.45) is 0 Å². The molecule has 0 radical (unpaired) electrons. The van der Waals surface area contributed by atoms with Gasteiger partial charge in [0.25, 0.3) is 0 Å². The lowest BCUT2D eigenvalue weighted by Gasteiger charge is -2.23. The molecule has 0 unspecified atom stereocenters. The predicted molar refractivity (Wildman–Crippen MR) is 89.0 cm³/mol. The molecule has 0 aliphatic carbocycles. The van der Waals surface area contributed by atoms with Crippen LogP contribution in [-0.2, 0) is 19.7 Å². The van der Waals surface area contributed by atoms with Crippen LogP contribution in [0.15, 0.2) is 24.3 Å². The highest BCUT2D eigenvalue weighted by Crippen LogP contribution is 2.25. The Morgan fingerprint density at radius 3 is 2.26 bits per heavy atom. The fraction of sp³-hybridized carbons (Fsp3) is 0.500. The van der Waals surface area contributed by atoms with E-state index in [9.17, 15) is 9.59 Å². The fourth-order valence-corrected chi connectivity index (χ4v) is 2.11. The van der Waals surface area contributed by atoms with E-state index in [1.165, 1.54) is 4.90 Å². The van der Waals surface area contributed by atoms with E-state index < -0.39 is 5.97 Å². The van der Waals surface area contributed by atoms with Crippen LogP contribution in [0.2, 0.25) is 0 Å². The number of benzene rings is 1. The molecule has 0 heterocycles. The smallest absolute Gasteiger partial charge is 0.306 e. The molecule has 0 aromatic heterocycles. The van der Waals surface area contributed by atoms with Gasteiger partial charge in [-0.15, -0.1) is 0 Å². The molecule has 1 rings (SSSR count). The summed E-state index contributed by atoms with van der Waals surface area (Å²) >= 11 is 0. The van der Waals surface area contributed by atoms with Gasteiger partial charge in [0.15, 0.2) is 0 Å². The summed E-state index contributed by atoms with van der Waals surface area (Å²) in [4.78, 5) is 25.0. The predicted octanol–water partition coefficient (Wildman–Crippen LogP) is 3.18. The molecule has 0 spiro atoms. The Kier molecular flexibility index (Phi) is 6.77. The second-order valence-electron chi connectivity index (χ2n) is 6.24. The molecule has 0 bridgehead atoms. The van der Waals surface area contributed by atoms with Crippen molar-refractivity contribution < 1.29 is 14.3 Å². The Morgan fingerprint density at radius 1 is 1.17 bits per heavy atom. The van der Waals surface area contributed by atoms with E-state index in [1.807, 2.05) is 30.3 Å². The fourth-order valence-electron chi connectivity index (χ4n) is 2.11. The van der Waals surface area contributed by atoms with Gasteiger partial charge in [-0.25, -0.2) is 0 Å². The maximum atomic E-state index is 12.3. The standard InChI is InChI=1S/C18H24N2O3/c1-5-23-17(22)11-10-16(21)20(13-12-19)15-8-6-14(7-9-15)18(2,3)4/h6-9H,5,10-11,13H2,1-4H3. The van der Waals surface area contributed by atoms with Crippen molar-refractivity contribution in [1.29, 1.82) is 5.26 Å². The van der Waals surface area contributed by atoms with Crippen LogP contribution in [0.3, 0.4) is 0 Å². The second-order valence-corrected chi connectivity index (χ2v) is 6.24. The maximum Gasteiger partial charge on any atom is 0.306 e. The van der Waals surface area contributed by atoms with E-state index in [2.05, 4.69) is 20.8 Å². The molecule has 124 valence electrons. The normalized spacial score (nSPS) is 10.7. The molecule has 0 aliphatic heterocycles. The van der Waals surface area contributed by atoms with Gasteiger partial charge in [-0.3, -0.25) is 14.5 Å². The number of nitriles is 1. The highest BCUT2D eigenvalue weighted by molar-refractivity contribution is 5.95. The van der Waals surface area contributed by atoms with E-state index >= 15 is 0 Å². The van der Waals surface area contributed by atoms with E-state index in [-0.39, 0.29) is 30.7 Å². The van der Waals surface area contributed by atoms with Gasteiger partial charge in [-0.2, -0.15) is 5.26 Å². The van der Waals surface area contributed by atoms with Crippen LogP contribution in [-0.4, -0.2) is 25.0 Å². The van der Waals surface area contributed by atoms with Gasteiger partial charge in [-0.05, 0) is 30.0 Å². The van der Waals surface area contributed by atoms with Gasteiger partial charge in [0.2, 0.25) is 5.91 Å². The largest absolute Gasteiger partial charge is 0.466 e. The molecular weight excluding hydrogens is 292 g/mol. The van der Waals surface area contributed by atoms with Crippen LogP contribution >= 0.6 is 0 Å². The first-order valence-electron chi connectivity index (χ1n) is 7.73. The van der Waals surface area contributed by atoms with Gasteiger partial charge in [0.1, 0.15) is 6.54 Å². The molecular formula is C18H24N2O3. The second kappa shape index (κ2) is 8.33. The Balaban J connectivity index is 2.83. The number of anilines is 1. The van der Waals surface area contributed by atoms with Crippen molar-refractivity contribution >= 4 is 17.6 Å². The molecule has 0 atom stereocenters. The molecule has 0 aliphatic rings. The number of carbonyl (C=O) groups is 2. The minimum Gasteiger partial charge on any atom is -0.466 e. The summed E-state index contributed by atoms with van der Waals surface area (Å²) in [5.74, 6) is -0.663. The Labute approximate surface area is 137 Å². The molecule has 1 aromatic carbocycles. The number of ether oxygens (including phenoxy) is 1. The molecule has 23 heavy (non-hydrogen) atoms. The molecule has 1 amide bonds. The summed E-state index contributed by atoms with van der Waals surface area (Å²) in [6.45, 7) is 8.30. The van der Waals surface area contributed by atoms with Crippen molar-refractivity contribution in [3.8, 4) is 6.07 Å². The lowest BCUT2D eigenvalue weighted by molar-refractivity contribution is -0.144. The zero-order chi connectivity index (χ0) is 17.5. The first-order chi connectivity index (χ1) is 10.8. The highest BCUT2D eigenvalue weighted by Gasteiger charge is 2.19. The van der Waals surface area contributed by atoms with Crippen molar-refractivity contribution in [2.75, 3.05) is 18.1 Å². The number of amides is 1. The summed E-state index contributed by atoms with van der Waals surface area (Å²) in [6, 6.07) is 9.57. The average molecular weight is 316 g/mol. The molecule has 0 N–H and O–H groups in total. The number of rotatable bonds is 6. The Morgan fingerprint density at radius 2 is 1.78 bits per heavy atom. The summed E-state index contributed by atoms with van der Waals surface area (Å²) in [6.07, 6.45) is 0.0518.